The van der Waals surface area contributed by atoms with Crippen LogP contribution in [-0.4, -0.2) is 16.7 Å². The number of aromatic nitrogens is 2. The minimum absolute atomic E-state index is 0.648. The molecule has 0 spiro atoms. The normalized spacial score (nSPS) is 10.2. The first kappa shape index (κ1) is 15.0. The molecule has 1 aromatic carbocycles. The third-order valence-electron chi connectivity index (χ3n) is 3.58. The maximum atomic E-state index is 9.60. The average molecular weight is 280 g/mol. The average Bonchev–Trinajstić information content (AvgIpc) is 2.55. The number of hydrogen-bond acceptors (Lipinski definition) is 4. The minimum atomic E-state index is 0.648. The van der Waals surface area contributed by atoms with Gasteiger partial charge in [0.05, 0.1) is 5.69 Å². The zero-order valence-electron chi connectivity index (χ0n) is 12.8. The Hall–Kier alpha value is -2.41. The van der Waals surface area contributed by atoms with E-state index in [4.69, 9.17) is 0 Å². The van der Waals surface area contributed by atoms with Crippen LogP contribution < -0.4 is 4.90 Å². The van der Waals surface area contributed by atoms with Crippen molar-refractivity contribution in [3.05, 3.63) is 47.2 Å². The van der Waals surface area contributed by atoms with Crippen LogP contribution in [0.1, 0.15) is 37.6 Å². The van der Waals surface area contributed by atoms with Gasteiger partial charge in [-0.05, 0) is 37.5 Å². The highest BCUT2D eigenvalue weighted by molar-refractivity contribution is 5.67. The lowest BCUT2D eigenvalue weighted by Crippen LogP contribution is -2.21. The van der Waals surface area contributed by atoms with Crippen molar-refractivity contribution in [3.63, 3.8) is 0 Å². The second kappa shape index (κ2) is 6.85. The van der Waals surface area contributed by atoms with Crippen molar-refractivity contribution in [1.82, 2.24) is 10.2 Å². The number of para-hydroxylation sites is 1. The lowest BCUT2D eigenvalue weighted by atomic mass is 10.0. The van der Waals surface area contributed by atoms with Gasteiger partial charge in [-0.15, -0.1) is 5.10 Å². The molecule has 0 saturated carbocycles. The summed E-state index contributed by atoms with van der Waals surface area (Å²) in [5.74, 6) is 0.653. The highest BCUT2D eigenvalue weighted by Gasteiger charge is 2.19. The van der Waals surface area contributed by atoms with Crippen LogP contribution in [0.2, 0.25) is 0 Å². The maximum absolute atomic E-state index is 9.60. The van der Waals surface area contributed by atoms with E-state index in [2.05, 4.69) is 30.1 Å². The highest BCUT2D eigenvalue weighted by Crippen LogP contribution is 2.28. The summed E-state index contributed by atoms with van der Waals surface area (Å²) in [6.07, 6.45) is 1.59. The Morgan fingerprint density at radius 2 is 1.76 bits per heavy atom. The second-order valence-electron chi connectivity index (χ2n) is 4.72. The molecule has 2 aromatic rings. The summed E-state index contributed by atoms with van der Waals surface area (Å²) in [6.45, 7) is 6.88. The van der Waals surface area contributed by atoms with E-state index in [0.717, 1.165) is 36.3 Å². The van der Waals surface area contributed by atoms with Crippen LogP contribution in [0.5, 0.6) is 0 Å². The number of rotatable bonds is 5. The van der Waals surface area contributed by atoms with Crippen molar-refractivity contribution in [1.29, 1.82) is 5.26 Å². The van der Waals surface area contributed by atoms with Gasteiger partial charge >= 0.3 is 0 Å². The standard InChI is InChI=1S/C17H20N4/c1-4-14-15(12-18)17(20-19-16(14)5-2)21(6-3)13-10-8-7-9-11-13/h7-11H,4-6H2,1-3H3. The van der Waals surface area contributed by atoms with E-state index in [0.29, 0.717) is 11.4 Å². The number of benzene rings is 1. The fraction of sp³-hybridized carbons (Fsp3) is 0.353. The van der Waals surface area contributed by atoms with E-state index in [1.807, 2.05) is 42.2 Å². The molecule has 0 aliphatic heterocycles. The van der Waals surface area contributed by atoms with Crippen molar-refractivity contribution < 1.29 is 0 Å². The highest BCUT2D eigenvalue weighted by atomic mass is 15.3. The van der Waals surface area contributed by atoms with E-state index in [1.165, 1.54) is 0 Å². The Kier molecular flexibility index (Phi) is 4.89. The lowest BCUT2D eigenvalue weighted by molar-refractivity contribution is 0.847. The third kappa shape index (κ3) is 2.87. The smallest absolute Gasteiger partial charge is 0.173 e. The largest absolute Gasteiger partial charge is 0.324 e. The number of nitrogens with zero attached hydrogens (tertiary/aromatic N) is 4. The molecule has 0 aliphatic carbocycles. The van der Waals surface area contributed by atoms with Gasteiger partial charge < -0.3 is 4.90 Å². The van der Waals surface area contributed by atoms with E-state index in [9.17, 15) is 5.26 Å². The number of hydrogen-bond donors (Lipinski definition) is 0. The summed E-state index contributed by atoms with van der Waals surface area (Å²) in [5, 5.41) is 18.3. The number of aryl methyl sites for hydroxylation is 1. The zero-order valence-corrected chi connectivity index (χ0v) is 12.8. The summed E-state index contributed by atoms with van der Waals surface area (Å²) in [7, 11) is 0. The van der Waals surface area contributed by atoms with E-state index < -0.39 is 0 Å². The predicted molar refractivity (Wildman–Crippen MR) is 84.6 cm³/mol. The Labute approximate surface area is 126 Å². The van der Waals surface area contributed by atoms with Crippen LogP contribution in [0, 0.1) is 11.3 Å². The van der Waals surface area contributed by atoms with Gasteiger partial charge in [-0.25, -0.2) is 0 Å². The molecule has 0 atom stereocenters. The molecule has 4 heteroatoms. The Morgan fingerprint density at radius 3 is 2.29 bits per heavy atom. The summed E-state index contributed by atoms with van der Waals surface area (Å²) in [5.41, 5.74) is 3.61. The van der Waals surface area contributed by atoms with Crippen molar-refractivity contribution in [2.24, 2.45) is 0 Å². The van der Waals surface area contributed by atoms with Crippen LogP contribution in [0.3, 0.4) is 0 Å². The summed E-state index contributed by atoms with van der Waals surface area (Å²) < 4.78 is 0. The van der Waals surface area contributed by atoms with Gasteiger partial charge in [0.25, 0.3) is 0 Å². The number of anilines is 2. The molecule has 0 saturated heterocycles. The van der Waals surface area contributed by atoms with Crippen molar-refractivity contribution in [2.45, 2.75) is 33.6 Å². The van der Waals surface area contributed by atoms with Crippen LogP contribution in [0.15, 0.2) is 30.3 Å². The predicted octanol–water partition coefficient (Wildman–Crippen LogP) is 3.63. The Balaban J connectivity index is 2.60. The quantitative estimate of drug-likeness (QED) is 0.839. The summed E-state index contributed by atoms with van der Waals surface area (Å²) >= 11 is 0. The fourth-order valence-electron chi connectivity index (χ4n) is 2.53. The molecule has 0 amide bonds. The molecule has 1 aromatic heterocycles. The SMILES string of the molecule is CCc1nnc(N(CC)c2ccccc2)c(C#N)c1CC. The molecular weight excluding hydrogens is 260 g/mol. The van der Waals surface area contributed by atoms with Gasteiger partial charge in [0.15, 0.2) is 5.82 Å². The molecule has 0 unspecified atom stereocenters. The van der Waals surface area contributed by atoms with Crippen LogP contribution in [0.4, 0.5) is 11.5 Å². The molecule has 0 aliphatic rings. The minimum Gasteiger partial charge on any atom is -0.324 e. The second-order valence-corrected chi connectivity index (χ2v) is 4.72. The first-order chi connectivity index (χ1) is 10.3. The molecule has 2 rings (SSSR count). The van der Waals surface area contributed by atoms with Gasteiger partial charge in [-0.1, -0.05) is 32.0 Å². The number of nitriles is 1. The van der Waals surface area contributed by atoms with Gasteiger partial charge in [-0.2, -0.15) is 10.4 Å². The fourth-order valence-corrected chi connectivity index (χ4v) is 2.53. The molecule has 4 nitrogen and oxygen atoms in total. The van der Waals surface area contributed by atoms with E-state index in [1.54, 1.807) is 0 Å². The van der Waals surface area contributed by atoms with Crippen LogP contribution in [0.25, 0.3) is 0 Å². The Morgan fingerprint density at radius 1 is 1.05 bits per heavy atom. The Bertz CT molecular complexity index is 644. The first-order valence-electron chi connectivity index (χ1n) is 7.37. The first-order valence-corrected chi connectivity index (χ1v) is 7.37. The van der Waals surface area contributed by atoms with Crippen LogP contribution >= 0.6 is 0 Å². The molecule has 108 valence electrons. The summed E-state index contributed by atoms with van der Waals surface area (Å²) in [6, 6.07) is 12.3. The lowest BCUT2D eigenvalue weighted by Gasteiger charge is -2.23. The molecule has 0 bridgehead atoms. The van der Waals surface area contributed by atoms with Gasteiger partial charge in [0, 0.05) is 12.2 Å². The van der Waals surface area contributed by atoms with Gasteiger partial charge in [0.1, 0.15) is 11.6 Å². The molecular formula is C17H20N4. The topological polar surface area (TPSA) is 52.8 Å². The molecule has 0 N–H and O–H groups in total. The zero-order chi connectivity index (χ0) is 15.2. The maximum Gasteiger partial charge on any atom is 0.173 e. The van der Waals surface area contributed by atoms with Gasteiger partial charge in [0.2, 0.25) is 0 Å². The van der Waals surface area contributed by atoms with Crippen molar-refractivity contribution in [3.8, 4) is 6.07 Å². The molecule has 0 fully saturated rings. The van der Waals surface area contributed by atoms with Crippen LogP contribution in [-0.2, 0) is 12.8 Å². The van der Waals surface area contributed by atoms with E-state index >= 15 is 0 Å². The summed E-state index contributed by atoms with van der Waals surface area (Å²) in [4.78, 5) is 2.03. The molecule has 1 heterocycles. The van der Waals surface area contributed by atoms with E-state index in [-0.39, 0.29) is 0 Å². The van der Waals surface area contributed by atoms with Crippen molar-refractivity contribution >= 4 is 11.5 Å². The third-order valence-corrected chi connectivity index (χ3v) is 3.58. The molecule has 21 heavy (non-hydrogen) atoms. The monoisotopic (exact) mass is 280 g/mol. The van der Waals surface area contributed by atoms with Crippen molar-refractivity contribution in [2.75, 3.05) is 11.4 Å². The van der Waals surface area contributed by atoms with Gasteiger partial charge in [-0.3, -0.25) is 0 Å². The molecule has 0 radical (unpaired) electrons.